The molecule has 11 heteroatoms. The van der Waals surface area contributed by atoms with Crippen molar-refractivity contribution in [2.24, 2.45) is 0 Å². The number of methoxy groups -OCH3 is 1. The van der Waals surface area contributed by atoms with Gasteiger partial charge in [0.15, 0.2) is 0 Å². The van der Waals surface area contributed by atoms with Crippen molar-refractivity contribution in [2.75, 3.05) is 32.8 Å². The van der Waals surface area contributed by atoms with Crippen molar-refractivity contribution < 1.29 is 31.8 Å². The fourth-order valence-electron chi connectivity index (χ4n) is 2.57. The Bertz CT molecular complexity index is 970. The number of thiophene rings is 1. The minimum atomic E-state index is -3.97. The van der Waals surface area contributed by atoms with Gasteiger partial charge in [0.25, 0.3) is 0 Å². The fourth-order valence-corrected chi connectivity index (χ4v) is 4.98. The van der Waals surface area contributed by atoms with Crippen LogP contribution in [0.5, 0.6) is 0 Å². The predicted octanol–water partition coefficient (Wildman–Crippen LogP) is 4.22. The molecule has 172 valence electrons. The first-order chi connectivity index (χ1) is 14.4. The topological polar surface area (TPSA) is 94.2 Å². The molecule has 0 aliphatic heterocycles. The average molecular weight is 475 g/mol. The van der Waals surface area contributed by atoms with Crippen LogP contribution in [-0.2, 0) is 24.2 Å². The molecule has 1 aromatic heterocycles. The van der Waals surface area contributed by atoms with E-state index in [9.17, 15) is 17.6 Å². The average Bonchev–Trinajstić information content (AvgIpc) is 3.12. The summed E-state index contributed by atoms with van der Waals surface area (Å²) in [6.45, 7) is 5.00. The second-order valence-electron chi connectivity index (χ2n) is 7.64. The van der Waals surface area contributed by atoms with Crippen LogP contribution < -0.4 is 5.32 Å². The summed E-state index contributed by atoms with van der Waals surface area (Å²) in [5.74, 6) is -0.411. The third-order valence-corrected chi connectivity index (χ3v) is 6.81. The number of rotatable bonds is 9. The number of nitrogens with one attached hydrogen (secondary N) is 1. The number of carbonyl (C=O) groups excluding carboxylic acids is 1. The van der Waals surface area contributed by atoms with Crippen molar-refractivity contribution in [3.8, 4) is 0 Å². The largest absolute Gasteiger partial charge is 0.444 e. The molecule has 8 nitrogen and oxygen atoms in total. The van der Waals surface area contributed by atoms with Gasteiger partial charge in [0.05, 0.1) is 6.10 Å². The third kappa shape index (κ3) is 7.25. The first-order valence-electron chi connectivity index (χ1n) is 9.34. The molecule has 0 aliphatic rings. The molecule has 0 saturated carbocycles. The number of halogens is 1. The highest BCUT2D eigenvalue weighted by atomic mass is 32.2. The number of amides is 1. The zero-order chi connectivity index (χ0) is 23.2. The van der Waals surface area contributed by atoms with Crippen LogP contribution in [0.2, 0.25) is 0 Å². The van der Waals surface area contributed by atoms with Crippen LogP contribution >= 0.6 is 11.3 Å². The molecule has 1 heterocycles. The minimum absolute atomic E-state index is 0.0565. The van der Waals surface area contributed by atoms with E-state index in [1.165, 1.54) is 44.5 Å². The van der Waals surface area contributed by atoms with E-state index < -0.39 is 33.6 Å². The van der Waals surface area contributed by atoms with Crippen LogP contribution in [-0.4, -0.2) is 51.9 Å². The molecule has 2 aromatic rings. The first kappa shape index (κ1) is 25.2. The van der Waals surface area contributed by atoms with Gasteiger partial charge < -0.3 is 14.2 Å². The molecule has 0 fully saturated rings. The highest BCUT2D eigenvalue weighted by Gasteiger charge is 2.29. The summed E-state index contributed by atoms with van der Waals surface area (Å²) in [6.07, 6.45) is -1.44. The van der Waals surface area contributed by atoms with Crippen LogP contribution in [0.3, 0.4) is 0 Å². The Kier molecular flexibility index (Phi) is 8.55. The highest BCUT2D eigenvalue weighted by molar-refractivity contribution is 7.89. The normalized spacial score (nSPS) is 13.3. The maximum absolute atomic E-state index is 13.3. The zero-order valence-electron chi connectivity index (χ0n) is 18.0. The Morgan fingerprint density at radius 3 is 2.45 bits per heavy atom. The second-order valence-corrected chi connectivity index (χ2v) is 10.6. The van der Waals surface area contributed by atoms with Crippen LogP contribution in [0.15, 0.2) is 40.6 Å². The number of anilines is 1. The van der Waals surface area contributed by atoms with Crippen LogP contribution in [0.4, 0.5) is 14.2 Å². The molecule has 1 N–H and O–H groups in total. The van der Waals surface area contributed by atoms with Gasteiger partial charge in [0.2, 0.25) is 10.0 Å². The van der Waals surface area contributed by atoms with Crippen LogP contribution in [0.25, 0.3) is 0 Å². The molecule has 1 aromatic carbocycles. The van der Waals surface area contributed by atoms with Crippen molar-refractivity contribution in [2.45, 2.75) is 37.4 Å². The maximum Gasteiger partial charge on any atom is 0.412 e. The van der Waals surface area contributed by atoms with Crippen molar-refractivity contribution in [3.63, 3.8) is 0 Å². The smallest absolute Gasteiger partial charge is 0.412 e. The van der Waals surface area contributed by atoms with Gasteiger partial charge in [-0.05, 0) is 49.9 Å². The first-order valence-corrected chi connectivity index (χ1v) is 11.7. The number of hydrogen-bond donors (Lipinski definition) is 1. The SMILES string of the molecule is COCOC(CN(C)S(=O)(=O)c1ccsc1NC(=O)OC(C)(C)C)c1ccc(F)cc1. The Balaban J connectivity index is 2.21. The van der Waals surface area contributed by atoms with E-state index in [4.69, 9.17) is 14.2 Å². The van der Waals surface area contributed by atoms with Gasteiger partial charge in [-0.1, -0.05) is 12.1 Å². The molecule has 0 saturated heterocycles. The monoisotopic (exact) mass is 474 g/mol. The molecular weight excluding hydrogens is 447 g/mol. The Morgan fingerprint density at radius 2 is 1.87 bits per heavy atom. The van der Waals surface area contributed by atoms with Gasteiger partial charge in [-0.2, -0.15) is 4.31 Å². The highest BCUT2D eigenvalue weighted by Crippen LogP contribution is 2.31. The lowest BCUT2D eigenvalue weighted by Gasteiger charge is -2.24. The second kappa shape index (κ2) is 10.5. The van der Waals surface area contributed by atoms with Gasteiger partial charge >= 0.3 is 6.09 Å². The summed E-state index contributed by atoms with van der Waals surface area (Å²) in [5, 5.41) is 4.20. The summed E-state index contributed by atoms with van der Waals surface area (Å²) in [7, 11) is -1.13. The van der Waals surface area contributed by atoms with Crippen molar-refractivity contribution >= 4 is 32.5 Å². The molecule has 0 radical (unpaired) electrons. The van der Waals surface area contributed by atoms with Crippen LogP contribution in [0, 0.1) is 5.82 Å². The van der Waals surface area contributed by atoms with E-state index in [0.29, 0.717) is 5.56 Å². The minimum Gasteiger partial charge on any atom is -0.444 e. The summed E-state index contributed by atoms with van der Waals surface area (Å²) < 4.78 is 56.5. The molecule has 31 heavy (non-hydrogen) atoms. The lowest BCUT2D eigenvalue weighted by atomic mass is 10.1. The fraction of sp³-hybridized carbons (Fsp3) is 0.450. The number of nitrogens with zero attached hydrogens (tertiary/aromatic N) is 1. The van der Waals surface area contributed by atoms with E-state index in [-0.39, 0.29) is 23.2 Å². The Labute approximate surface area is 186 Å². The molecule has 1 atom stereocenters. The molecular formula is C20H27FN2O6S2. The van der Waals surface area contributed by atoms with Gasteiger partial charge in [-0.25, -0.2) is 17.6 Å². The van der Waals surface area contributed by atoms with E-state index >= 15 is 0 Å². The lowest BCUT2D eigenvalue weighted by molar-refractivity contribution is -0.0763. The molecule has 1 unspecified atom stereocenters. The molecule has 0 aliphatic carbocycles. The zero-order valence-corrected chi connectivity index (χ0v) is 19.7. The quantitative estimate of drug-likeness (QED) is 0.547. The summed E-state index contributed by atoms with van der Waals surface area (Å²) >= 11 is 1.07. The van der Waals surface area contributed by atoms with Crippen LogP contribution in [0.1, 0.15) is 32.4 Å². The lowest BCUT2D eigenvalue weighted by Crippen LogP contribution is -2.33. The van der Waals surface area contributed by atoms with E-state index in [0.717, 1.165) is 15.6 Å². The van der Waals surface area contributed by atoms with Gasteiger partial charge in [-0.3, -0.25) is 5.32 Å². The Hall–Kier alpha value is -2.05. The van der Waals surface area contributed by atoms with E-state index in [1.807, 2.05) is 0 Å². The number of benzene rings is 1. The number of carbonyl (C=O) groups is 1. The number of likely N-dealkylation sites (N-methyl/N-ethyl adjacent to an activating group) is 1. The molecule has 0 bridgehead atoms. The number of ether oxygens (including phenoxy) is 3. The number of hydrogen-bond acceptors (Lipinski definition) is 7. The number of sulfonamides is 1. The molecule has 2 rings (SSSR count). The maximum atomic E-state index is 13.3. The summed E-state index contributed by atoms with van der Waals surface area (Å²) in [6, 6.07) is 7.00. The van der Waals surface area contributed by atoms with E-state index in [2.05, 4.69) is 5.32 Å². The standard InChI is InChI=1S/C20H27FN2O6S2/c1-20(2,3)29-19(24)22-18-17(10-11-30-18)31(25,26)23(4)12-16(28-13-27-5)14-6-8-15(21)9-7-14/h6-11,16H,12-13H2,1-5H3,(H,22,24). The van der Waals surface area contributed by atoms with E-state index in [1.54, 1.807) is 26.2 Å². The van der Waals surface area contributed by atoms with Crippen molar-refractivity contribution in [1.29, 1.82) is 0 Å². The molecule has 0 spiro atoms. The van der Waals surface area contributed by atoms with Crippen molar-refractivity contribution in [1.82, 2.24) is 4.31 Å². The third-order valence-electron chi connectivity index (χ3n) is 3.98. The van der Waals surface area contributed by atoms with Crippen molar-refractivity contribution in [3.05, 3.63) is 47.1 Å². The molecule has 1 amide bonds. The summed E-state index contributed by atoms with van der Waals surface area (Å²) in [5.41, 5.74) is -0.129. The van der Waals surface area contributed by atoms with Gasteiger partial charge in [0.1, 0.15) is 28.1 Å². The predicted molar refractivity (Wildman–Crippen MR) is 116 cm³/mol. The Morgan fingerprint density at radius 1 is 1.23 bits per heavy atom. The summed E-state index contributed by atoms with van der Waals surface area (Å²) in [4.78, 5) is 12.0. The van der Waals surface area contributed by atoms with Gasteiger partial charge in [0, 0.05) is 20.7 Å². The van der Waals surface area contributed by atoms with Gasteiger partial charge in [-0.15, -0.1) is 11.3 Å².